The summed E-state index contributed by atoms with van der Waals surface area (Å²) >= 11 is 1.27. The third-order valence-corrected chi connectivity index (χ3v) is 3.88. The van der Waals surface area contributed by atoms with E-state index in [1.807, 2.05) is 18.2 Å². The highest BCUT2D eigenvalue weighted by Crippen LogP contribution is 2.20. The molecule has 1 heterocycles. The maximum atomic E-state index is 12.1. The smallest absolute Gasteiger partial charge is 0.214 e. The molecule has 0 amide bonds. The van der Waals surface area contributed by atoms with Crippen LogP contribution in [0.3, 0.4) is 0 Å². The van der Waals surface area contributed by atoms with Crippen molar-refractivity contribution >= 4 is 17.5 Å². The number of thioether (sulfide) groups is 1. The summed E-state index contributed by atoms with van der Waals surface area (Å²) in [5.74, 6) is 0.443. The summed E-state index contributed by atoms with van der Waals surface area (Å²) in [5.41, 5.74) is 1.39. The van der Waals surface area contributed by atoms with Crippen molar-refractivity contribution in [1.29, 1.82) is 0 Å². The summed E-state index contributed by atoms with van der Waals surface area (Å²) in [4.78, 5) is 12.1. The molecule has 0 saturated heterocycles. The highest BCUT2D eigenvalue weighted by Gasteiger charge is 2.12. The van der Waals surface area contributed by atoms with Gasteiger partial charge in [0.25, 0.3) is 0 Å². The van der Waals surface area contributed by atoms with Gasteiger partial charge in [0.2, 0.25) is 5.16 Å². The average Bonchev–Trinajstić information content (AvgIpc) is 3.02. The molecule has 0 radical (unpaired) electrons. The van der Waals surface area contributed by atoms with Gasteiger partial charge in [-0.1, -0.05) is 42.1 Å². The Bertz CT molecular complexity index is 772. The average molecular weight is 312 g/mol. The largest absolute Gasteiger partial charge is 0.508 e. The van der Waals surface area contributed by atoms with Crippen LogP contribution in [0.4, 0.5) is 0 Å². The monoisotopic (exact) mass is 312 g/mol. The van der Waals surface area contributed by atoms with Crippen LogP contribution in [0.1, 0.15) is 10.4 Å². The number of Topliss-reactive ketones (excluding diaryl/α,β-unsaturated/α-hetero) is 1. The predicted molar refractivity (Wildman–Crippen MR) is 82.3 cm³/mol. The zero-order valence-electron chi connectivity index (χ0n) is 11.5. The highest BCUT2D eigenvalue weighted by molar-refractivity contribution is 7.99. The number of hydrogen-bond donors (Lipinski definition) is 1. The molecule has 0 fully saturated rings. The maximum absolute atomic E-state index is 12.1. The van der Waals surface area contributed by atoms with Gasteiger partial charge >= 0.3 is 0 Å². The number of benzene rings is 2. The molecule has 0 atom stereocenters. The van der Waals surface area contributed by atoms with Gasteiger partial charge in [-0.05, 0) is 34.7 Å². The van der Waals surface area contributed by atoms with E-state index in [-0.39, 0.29) is 17.3 Å². The fourth-order valence-electron chi connectivity index (χ4n) is 1.86. The number of carbonyl (C=O) groups excluding carboxylic acids is 1. The van der Waals surface area contributed by atoms with Gasteiger partial charge in [0.15, 0.2) is 5.78 Å². The molecule has 0 unspecified atom stereocenters. The van der Waals surface area contributed by atoms with Gasteiger partial charge in [-0.3, -0.25) is 4.79 Å². The Morgan fingerprint density at radius 1 is 1.09 bits per heavy atom. The Kier molecular flexibility index (Phi) is 4.15. The van der Waals surface area contributed by atoms with Crippen molar-refractivity contribution < 1.29 is 9.90 Å². The number of aromatic hydroxyl groups is 1. The zero-order valence-corrected chi connectivity index (χ0v) is 12.3. The number of hydrogen-bond acceptors (Lipinski definition) is 6. The van der Waals surface area contributed by atoms with Crippen molar-refractivity contribution in [2.45, 2.75) is 5.16 Å². The van der Waals surface area contributed by atoms with E-state index in [1.165, 1.54) is 16.4 Å². The number of nitrogens with zero attached hydrogens (tertiary/aromatic N) is 4. The lowest BCUT2D eigenvalue weighted by molar-refractivity contribution is 0.102. The van der Waals surface area contributed by atoms with Gasteiger partial charge in [0.05, 0.1) is 11.4 Å². The van der Waals surface area contributed by atoms with E-state index in [1.54, 1.807) is 36.4 Å². The molecule has 22 heavy (non-hydrogen) atoms. The molecular formula is C15H12N4O2S. The Hall–Kier alpha value is -2.67. The van der Waals surface area contributed by atoms with E-state index in [2.05, 4.69) is 15.5 Å². The SMILES string of the molecule is O=C(CSc1nnnn1-c1ccc(O)cc1)c1ccccc1. The summed E-state index contributed by atoms with van der Waals surface area (Å²) in [7, 11) is 0. The van der Waals surface area contributed by atoms with Crippen LogP contribution in [0.25, 0.3) is 5.69 Å². The molecule has 1 N–H and O–H groups in total. The molecule has 6 nitrogen and oxygen atoms in total. The minimum Gasteiger partial charge on any atom is -0.508 e. The topological polar surface area (TPSA) is 80.9 Å². The number of carbonyl (C=O) groups is 1. The Labute approximate surface area is 130 Å². The Morgan fingerprint density at radius 3 is 2.55 bits per heavy atom. The Balaban J connectivity index is 1.73. The van der Waals surface area contributed by atoms with Gasteiger partial charge in [0.1, 0.15) is 5.75 Å². The summed E-state index contributed by atoms with van der Waals surface area (Å²) in [6, 6.07) is 15.6. The molecule has 0 bridgehead atoms. The van der Waals surface area contributed by atoms with Crippen LogP contribution in [-0.4, -0.2) is 36.8 Å². The molecule has 0 aliphatic heterocycles. The van der Waals surface area contributed by atoms with Gasteiger partial charge in [0, 0.05) is 5.56 Å². The number of tetrazole rings is 1. The number of rotatable bonds is 5. The van der Waals surface area contributed by atoms with Crippen LogP contribution < -0.4 is 0 Å². The van der Waals surface area contributed by atoms with Crippen molar-refractivity contribution in [1.82, 2.24) is 20.2 Å². The number of ketones is 1. The van der Waals surface area contributed by atoms with E-state index in [9.17, 15) is 9.90 Å². The van der Waals surface area contributed by atoms with Crippen molar-refractivity contribution in [2.75, 3.05) is 5.75 Å². The van der Waals surface area contributed by atoms with E-state index >= 15 is 0 Å². The van der Waals surface area contributed by atoms with Gasteiger partial charge in [-0.25, -0.2) is 0 Å². The molecule has 2 aromatic carbocycles. The third kappa shape index (κ3) is 3.15. The van der Waals surface area contributed by atoms with Crippen molar-refractivity contribution in [3.63, 3.8) is 0 Å². The molecule has 1 aromatic heterocycles. The molecule has 110 valence electrons. The predicted octanol–water partition coefficient (Wildman–Crippen LogP) is 2.34. The van der Waals surface area contributed by atoms with Crippen LogP contribution in [-0.2, 0) is 0 Å². The lowest BCUT2D eigenvalue weighted by Crippen LogP contribution is -2.04. The van der Waals surface area contributed by atoms with Crippen molar-refractivity contribution in [2.24, 2.45) is 0 Å². The van der Waals surface area contributed by atoms with Crippen LogP contribution in [0.5, 0.6) is 5.75 Å². The molecule has 7 heteroatoms. The Morgan fingerprint density at radius 2 is 1.82 bits per heavy atom. The second-order valence-corrected chi connectivity index (χ2v) is 5.41. The third-order valence-electron chi connectivity index (χ3n) is 2.96. The lowest BCUT2D eigenvalue weighted by Gasteiger charge is -2.04. The lowest BCUT2D eigenvalue weighted by atomic mass is 10.2. The number of aromatic nitrogens is 4. The summed E-state index contributed by atoms with van der Waals surface area (Å²) in [6.45, 7) is 0. The van der Waals surface area contributed by atoms with Gasteiger partial charge in [-0.15, -0.1) is 5.10 Å². The summed E-state index contributed by atoms with van der Waals surface area (Å²) in [6.07, 6.45) is 0. The molecular weight excluding hydrogens is 300 g/mol. The maximum Gasteiger partial charge on any atom is 0.214 e. The number of phenolic OH excluding ortho intramolecular Hbond substituents is 1. The minimum absolute atomic E-state index is 0.0193. The van der Waals surface area contributed by atoms with Crippen LogP contribution in [0.15, 0.2) is 59.8 Å². The van der Waals surface area contributed by atoms with Crippen molar-refractivity contribution in [3.8, 4) is 11.4 Å². The molecule has 0 spiro atoms. The van der Waals surface area contributed by atoms with Crippen LogP contribution in [0, 0.1) is 0 Å². The number of phenols is 1. The van der Waals surface area contributed by atoms with E-state index in [0.717, 1.165) is 5.69 Å². The van der Waals surface area contributed by atoms with Crippen LogP contribution >= 0.6 is 11.8 Å². The molecule has 0 aliphatic rings. The van der Waals surface area contributed by atoms with Gasteiger partial charge < -0.3 is 5.11 Å². The first-order valence-corrected chi connectivity index (χ1v) is 7.51. The van der Waals surface area contributed by atoms with Crippen LogP contribution in [0.2, 0.25) is 0 Å². The molecule has 0 aliphatic carbocycles. The fourth-order valence-corrected chi connectivity index (χ4v) is 2.65. The molecule has 3 rings (SSSR count). The fraction of sp³-hybridized carbons (Fsp3) is 0.0667. The minimum atomic E-state index is 0.0193. The first kappa shape index (κ1) is 14.3. The first-order valence-electron chi connectivity index (χ1n) is 6.53. The van der Waals surface area contributed by atoms with E-state index < -0.39 is 0 Å². The quantitative estimate of drug-likeness (QED) is 0.575. The van der Waals surface area contributed by atoms with E-state index in [4.69, 9.17) is 0 Å². The summed E-state index contributed by atoms with van der Waals surface area (Å²) < 4.78 is 1.53. The first-order chi connectivity index (χ1) is 10.7. The zero-order chi connectivity index (χ0) is 15.4. The standard InChI is InChI=1S/C15H12N4O2S/c20-13-8-6-12(7-9-13)19-15(16-17-18-19)22-10-14(21)11-4-2-1-3-5-11/h1-9,20H,10H2. The molecule has 0 saturated carbocycles. The van der Waals surface area contributed by atoms with E-state index in [0.29, 0.717) is 10.7 Å². The molecule has 3 aromatic rings. The normalized spacial score (nSPS) is 10.5. The summed E-state index contributed by atoms with van der Waals surface area (Å²) in [5, 5.41) is 21.3. The highest BCUT2D eigenvalue weighted by atomic mass is 32.2. The van der Waals surface area contributed by atoms with Crippen molar-refractivity contribution in [3.05, 3.63) is 60.2 Å². The second-order valence-electron chi connectivity index (χ2n) is 4.47. The second kappa shape index (κ2) is 6.40. The van der Waals surface area contributed by atoms with Gasteiger partial charge in [-0.2, -0.15) is 4.68 Å².